The van der Waals surface area contributed by atoms with Gasteiger partial charge < -0.3 is 5.32 Å². The van der Waals surface area contributed by atoms with Crippen LogP contribution in [-0.4, -0.2) is 17.6 Å². The fourth-order valence-electron chi connectivity index (χ4n) is 2.06. The number of nitrogens with one attached hydrogen (secondary N) is 1. The molecule has 1 aromatic heterocycles. The van der Waals surface area contributed by atoms with Crippen LogP contribution in [0.15, 0.2) is 24.5 Å². The molecule has 0 aliphatic carbocycles. The number of rotatable bonds is 3. The second kappa shape index (κ2) is 8.80. The zero-order chi connectivity index (χ0) is 9.64. The predicted octanol–water partition coefficient (Wildman–Crippen LogP) is 3.00. The molecule has 92 valence electrons. The number of piperidine rings is 1. The van der Waals surface area contributed by atoms with E-state index in [0.717, 1.165) is 12.5 Å². The third kappa shape index (κ3) is 5.15. The predicted molar refractivity (Wildman–Crippen MR) is 72.7 cm³/mol. The van der Waals surface area contributed by atoms with Gasteiger partial charge >= 0.3 is 0 Å². The lowest BCUT2D eigenvalue weighted by Gasteiger charge is -2.23. The molecule has 1 saturated heterocycles. The summed E-state index contributed by atoms with van der Waals surface area (Å²) in [5.74, 6) is 0. The van der Waals surface area contributed by atoms with Crippen LogP contribution in [0.5, 0.6) is 0 Å². The minimum Gasteiger partial charge on any atom is -0.314 e. The van der Waals surface area contributed by atoms with E-state index >= 15 is 0 Å². The van der Waals surface area contributed by atoms with Crippen LogP contribution in [0.2, 0.25) is 0 Å². The Labute approximate surface area is 110 Å². The van der Waals surface area contributed by atoms with E-state index in [1.165, 1.54) is 37.8 Å². The zero-order valence-corrected chi connectivity index (χ0v) is 11.0. The number of hydrogen-bond donors (Lipinski definition) is 1. The Morgan fingerprint density at radius 1 is 1.31 bits per heavy atom. The van der Waals surface area contributed by atoms with E-state index in [4.69, 9.17) is 0 Å². The summed E-state index contributed by atoms with van der Waals surface area (Å²) in [5, 5.41) is 3.57. The van der Waals surface area contributed by atoms with Gasteiger partial charge in [0.25, 0.3) is 0 Å². The number of hydrogen-bond acceptors (Lipinski definition) is 2. The number of aryl methyl sites for hydroxylation is 1. The monoisotopic (exact) mass is 262 g/mol. The number of nitrogens with zero attached hydrogens (tertiary/aromatic N) is 1. The molecular formula is C12H20Cl2N2. The summed E-state index contributed by atoms with van der Waals surface area (Å²) in [6.07, 6.45) is 10.3. The molecule has 0 saturated carbocycles. The first-order valence-electron chi connectivity index (χ1n) is 5.57. The fourth-order valence-corrected chi connectivity index (χ4v) is 2.06. The molecule has 1 unspecified atom stereocenters. The maximum atomic E-state index is 4.13. The van der Waals surface area contributed by atoms with E-state index in [-0.39, 0.29) is 24.8 Å². The molecule has 2 rings (SSSR count). The van der Waals surface area contributed by atoms with Gasteiger partial charge in [0, 0.05) is 18.4 Å². The lowest BCUT2D eigenvalue weighted by Crippen LogP contribution is -2.34. The van der Waals surface area contributed by atoms with E-state index in [0.29, 0.717) is 0 Å². The van der Waals surface area contributed by atoms with E-state index in [9.17, 15) is 0 Å². The summed E-state index contributed by atoms with van der Waals surface area (Å²) in [6.45, 7) is 1.21. The third-order valence-electron chi connectivity index (χ3n) is 2.92. The van der Waals surface area contributed by atoms with Crippen molar-refractivity contribution in [3.8, 4) is 0 Å². The van der Waals surface area contributed by atoms with Crippen LogP contribution < -0.4 is 5.32 Å². The van der Waals surface area contributed by atoms with Crippen LogP contribution >= 0.6 is 24.8 Å². The Kier molecular flexibility index (Phi) is 8.63. The largest absolute Gasteiger partial charge is 0.314 e. The molecule has 2 nitrogen and oxygen atoms in total. The number of pyridine rings is 1. The molecule has 1 fully saturated rings. The Balaban J connectivity index is 0.00000112. The number of halogens is 2. The molecule has 1 aliphatic rings. The molecule has 1 aliphatic heterocycles. The summed E-state index contributed by atoms with van der Waals surface area (Å²) in [6, 6.07) is 4.92. The smallest absolute Gasteiger partial charge is 0.0299 e. The lowest BCUT2D eigenvalue weighted by atomic mass is 9.99. The minimum atomic E-state index is 0. The summed E-state index contributed by atoms with van der Waals surface area (Å²) in [7, 11) is 0. The van der Waals surface area contributed by atoms with Crippen LogP contribution in [0.3, 0.4) is 0 Å². The Bertz CT molecular complexity index is 261. The maximum Gasteiger partial charge on any atom is 0.0299 e. The van der Waals surface area contributed by atoms with Gasteiger partial charge in [0.05, 0.1) is 0 Å². The highest BCUT2D eigenvalue weighted by atomic mass is 35.5. The molecule has 0 spiro atoms. The van der Waals surface area contributed by atoms with Crippen molar-refractivity contribution in [3.63, 3.8) is 0 Å². The first-order valence-corrected chi connectivity index (χ1v) is 5.57. The maximum absolute atomic E-state index is 4.13. The normalized spacial score (nSPS) is 19.4. The summed E-state index contributed by atoms with van der Waals surface area (Å²) < 4.78 is 0. The van der Waals surface area contributed by atoms with E-state index in [2.05, 4.69) is 16.4 Å². The van der Waals surface area contributed by atoms with Crippen LogP contribution in [0, 0.1) is 0 Å². The highest BCUT2D eigenvalue weighted by molar-refractivity contribution is 5.85. The molecule has 0 radical (unpaired) electrons. The van der Waals surface area contributed by atoms with Crippen molar-refractivity contribution in [2.24, 2.45) is 0 Å². The molecular weight excluding hydrogens is 243 g/mol. The van der Waals surface area contributed by atoms with Gasteiger partial charge in [0.2, 0.25) is 0 Å². The highest BCUT2D eigenvalue weighted by Crippen LogP contribution is 2.12. The molecule has 1 aromatic rings. The van der Waals surface area contributed by atoms with Gasteiger partial charge in [0.1, 0.15) is 0 Å². The topological polar surface area (TPSA) is 24.9 Å². The van der Waals surface area contributed by atoms with Gasteiger partial charge in [-0.1, -0.05) is 12.5 Å². The van der Waals surface area contributed by atoms with Crippen molar-refractivity contribution in [3.05, 3.63) is 30.1 Å². The van der Waals surface area contributed by atoms with Crippen LogP contribution in [0.4, 0.5) is 0 Å². The van der Waals surface area contributed by atoms with Crippen molar-refractivity contribution in [1.82, 2.24) is 10.3 Å². The Morgan fingerprint density at radius 2 is 2.19 bits per heavy atom. The van der Waals surface area contributed by atoms with E-state index in [1.807, 2.05) is 18.5 Å². The fraction of sp³-hybridized carbons (Fsp3) is 0.583. The average Bonchev–Trinajstić information content (AvgIpc) is 2.29. The van der Waals surface area contributed by atoms with Crippen molar-refractivity contribution in [1.29, 1.82) is 0 Å². The van der Waals surface area contributed by atoms with Gasteiger partial charge in [-0.15, -0.1) is 24.8 Å². The average molecular weight is 263 g/mol. The van der Waals surface area contributed by atoms with Crippen LogP contribution in [0.25, 0.3) is 0 Å². The highest BCUT2D eigenvalue weighted by Gasteiger charge is 2.11. The van der Waals surface area contributed by atoms with Gasteiger partial charge in [-0.05, 0) is 43.9 Å². The second-order valence-electron chi connectivity index (χ2n) is 4.05. The quantitative estimate of drug-likeness (QED) is 0.906. The zero-order valence-electron chi connectivity index (χ0n) is 9.39. The van der Waals surface area contributed by atoms with Crippen molar-refractivity contribution in [2.45, 2.75) is 38.1 Å². The molecule has 0 aromatic carbocycles. The lowest BCUT2D eigenvalue weighted by molar-refractivity contribution is 0.383. The molecule has 0 amide bonds. The summed E-state index contributed by atoms with van der Waals surface area (Å²) >= 11 is 0. The standard InChI is InChI=1S/C12H18N2.2ClH/c1-2-9-14-12(5-1)7-6-11-4-3-8-13-10-11;;/h3-4,8,10,12,14H,1-2,5-7,9H2;2*1H. The first kappa shape index (κ1) is 15.7. The first-order chi connectivity index (χ1) is 6.95. The van der Waals surface area contributed by atoms with Gasteiger partial charge in [0.15, 0.2) is 0 Å². The minimum absolute atomic E-state index is 0. The summed E-state index contributed by atoms with van der Waals surface area (Å²) in [4.78, 5) is 4.13. The van der Waals surface area contributed by atoms with Crippen LogP contribution in [0.1, 0.15) is 31.2 Å². The van der Waals surface area contributed by atoms with Gasteiger partial charge in [-0.25, -0.2) is 0 Å². The third-order valence-corrected chi connectivity index (χ3v) is 2.92. The molecule has 4 heteroatoms. The summed E-state index contributed by atoms with van der Waals surface area (Å²) in [5.41, 5.74) is 1.36. The molecule has 16 heavy (non-hydrogen) atoms. The van der Waals surface area contributed by atoms with Gasteiger partial charge in [-0.3, -0.25) is 4.98 Å². The van der Waals surface area contributed by atoms with Gasteiger partial charge in [-0.2, -0.15) is 0 Å². The molecule has 0 bridgehead atoms. The SMILES string of the molecule is Cl.Cl.c1cncc(CCC2CCCCN2)c1. The molecule has 2 heterocycles. The Morgan fingerprint density at radius 3 is 2.81 bits per heavy atom. The van der Waals surface area contributed by atoms with Crippen LogP contribution in [-0.2, 0) is 6.42 Å². The molecule has 1 N–H and O–H groups in total. The Hall–Kier alpha value is -0.310. The van der Waals surface area contributed by atoms with Crippen molar-refractivity contribution >= 4 is 24.8 Å². The second-order valence-corrected chi connectivity index (χ2v) is 4.05. The number of aromatic nitrogens is 1. The van der Waals surface area contributed by atoms with E-state index in [1.54, 1.807) is 0 Å². The van der Waals surface area contributed by atoms with E-state index < -0.39 is 0 Å². The van der Waals surface area contributed by atoms with Crippen molar-refractivity contribution in [2.75, 3.05) is 6.54 Å². The molecule has 1 atom stereocenters. The van der Waals surface area contributed by atoms with Crippen molar-refractivity contribution < 1.29 is 0 Å².